The molecular formula is C15H23ClN2O2. The summed E-state index contributed by atoms with van der Waals surface area (Å²) in [6.45, 7) is 5.14. The monoisotopic (exact) mass is 298 g/mol. The highest BCUT2D eigenvalue weighted by Gasteiger charge is 2.29. The Bertz CT molecular complexity index is 442. The Morgan fingerprint density at radius 2 is 2.35 bits per heavy atom. The van der Waals surface area contributed by atoms with Crippen LogP contribution in [0.15, 0.2) is 18.2 Å². The van der Waals surface area contributed by atoms with E-state index in [-0.39, 0.29) is 12.1 Å². The van der Waals surface area contributed by atoms with Crippen LogP contribution in [0.25, 0.3) is 0 Å². The number of methoxy groups -OCH3 is 1. The average molecular weight is 299 g/mol. The molecule has 1 aliphatic rings. The van der Waals surface area contributed by atoms with Gasteiger partial charge in [-0.15, -0.1) is 0 Å². The minimum Gasteiger partial charge on any atom is -0.496 e. The Balaban J connectivity index is 2.28. The maximum absolute atomic E-state index is 6.38. The molecule has 1 heterocycles. The van der Waals surface area contributed by atoms with Gasteiger partial charge in [-0.25, -0.2) is 0 Å². The Morgan fingerprint density at radius 1 is 1.55 bits per heavy atom. The quantitative estimate of drug-likeness (QED) is 0.907. The summed E-state index contributed by atoms with van der Waals surface area (Å²) in [7, 11) is 1.66. The summed E-state index contributed by atoms with van der Waals surface area (Å²) in [5.74, 6) is 0.799. The first-order chi connectivity index (χ1) is 9.71. The number of hydrogen-bond donors (Lipinski definition) is 1. The van der Waals surface area contributed by atoms with E-state index in [2.05, 4.69) is 11.8 Å². The Kier molecular flexibility index (Phi) is 5.66. The number of nitrogens with two attached hydrogens (primary N) is 1. The number of nitrogens with zero attached hydrogens (tertiary/aromatic N) is 1. The van der Waals surface area contributed by atoms with Crippen molar-refractivity contribution < 1.29 is 9.47 Å². The summed E-state index contributed by atoms with van der Waals surface area (Å²) < 4.78 is 11.2. The van der Waals surface area contributed by atoms with Crippen LogP contribution in [-0.2, 0) is 4.74 Å². The van der Waals surface area contributed by atoms with Gasteiger partial charge in [-0.3, -0.25) is 4.90 Å². The summed E-state index contributed by atoms with van der Waals surface area (Å²) in [5, 5.41) is 0.708. The van der Waals surface area contributed by atoms with Crippen LogP contribution in [0.1, 0.15) is 24.9 Å². The first-order valence-electron chi connectivity index (χ1n) is 7.09. The molecule has 112 valence electrons. The van der Waals surface area contributed by atoms with Crippen molar-refractivity contribution >= 4 is 11.6 Å². The van der Waals surface area contributed by atoms with Gasteiger partial charge in [0.25, 0.3) is 0 Å². The van der Waals surface area contributed by atoms with E-state index in [1.807, 2.05) is 18.2 Å². The fourth-order valence-corrected chi connectivity index (χ4v) is 3.03. The molecule has 1 aromatic rings. The molecule has 0 amide bonds. The van der Waals surface area contributed by atoms with Crippen molar-refractivity contribution in [1.29, 1.82) is 0 Å². The first kappa shape index (κ1) is 15.6. The lowest BCUT2D eigenvalue weighted by atomic mass is 10.0. The van der Waals surface area contributed by atoms with Gasteiger partial charge in [-0.05, 0) is 18.6 Å². The molecule has 0 saturated carbocycles. The van der Waals surface area contributed by atoms with E-state index in [9.17, 15) is 0 Å². The molecule has 2 N–H and O–H groups in total. The van der Waals surface area contributed by atoms with Crippen LogP contribution in [0.3, 0.4) is 0 Å². The third-order valence-electron chi connectivity index (χ3n) is 3.86. The lowest BCUT2D eigenvalue weighted by Gasteiger charge is -2.38. The zero-order valence-corrected chi connectivity index (χ0v) is 12.9. The van der Waals surface area contributed by atoms with E-state index in [0.717, 1.165) is 37.4 Å². The van der Waals surface area contributed by atoms with Crippen molar-refractivity contribution in [3.63, 3.8) is 0 Å². The number of hydrogen-bond acceptors (Lipinski definition) is 4. The molecule has 1 aromatic carbocycles. The van der Waals surface area contributed by atoms with E-state index in [4.69, 9.17) is 26.8 Å². The van der Waals surface area contributed by atoms with Gasteiger partial charge in [0.15, 0.2) is 0 Å². The topological polar surface area (TPSA) is 47.7 Å². The third kappa shape index (κ3) is 3.26. The molecule has 0 bridgehead atoms. The predicted octanol–water partition coefficient (Wildman–Crippen LogP) is 2.46. The van der Waals surface area contributed by atoms with E-state index >= 15 is 0 Å². The Hall–Kier alpha value is -0.810. The summed E-state index contributed by atoms with van der Waals surface area (Å²) >= 11 is 6.38. The number of morpholine rings is 1. The van der Waals surface area contributed by atoms with Crippen molar-refractivity contribution in [3.8, 4) is 5.75 Å². The number of rotatable bonds is 5. The summed E-state index contributed by atoms with van der Waals surface area (Å²) in [6, 6.07) is 5.78. The van der Waals surface area contributed by atoms with Crippen LogP contribution in [0.2, 0.25) is 5.02 Å². The first-order valence-corrected chi connectivity index (χ1v) is 7.47. The minimum absolute atomic E-state index is 0.0663. The van der Waals surface area contributed by atoms with Crippen LogP contribution >= 0.6 is 11.6 Å². The molecule has 20 heavy (non-hydrogen) atoms. The SMILES string of the molecule is CCC1CN(C(CN)c2c(Cl)cccc2OC)CCO1. The Morgan fingerprint density at radius 3 is 3.00 bits per heavy atom. The van der Waals surface area contributed by atoms with Gasteiger partial charge in [0.05, 0.1) is 25.9 Å². The second-order valence-corrected chi connectivity index (χ2v) is 5.41. The molecule has 5 heteroatoms. The highest BCUT2D eigenvalue weighted by molar-refractivity contribution is 6.31. The predicted molar refractivity (Wildman–Crippen MR) is 81.4 cm³/mol. The normalized spacial score (nSPS) is 21.7. The number of halogens is 1. The maximum Gasteiger partial charge on any atom is 0.125 e. The second kappa shape index (κ2) is 7.27. The van der Waals surface area contributed by atoms with Crippen molar-refractivity contribution in [1.82, 2.24) is 4.90 Å². The van der Waals surface area contributed by atoms with E-state index in [1.165, 1.54) is 0 Å². The van der Waals surface area contributed by atoms with Crippen LogP contribution in [-0.4, -0.2) is 44.4 Å². The highest BCUT2D eigenvalue weighted by Crippen LogP contribution is 2.35. The van der Waals surface area contributed by atoms with Gasteiger partial charge < -0.3 is 15.2 Å². The molecule has 0 aromatic heterocycles. The Labute approximate surface area is 125 Å². The van der Waals surface area contributed by atoms with Gasteiger partial charge in [0.1, 0.15) is 5.75 Å². The zero-order chi connectivity index (χ0) is 14.5. The summed E-state index contributed by atoms with van der Waals surface area (Å²) in [6.07, 6.45) is 1.28. The largest absolute Gasteiger partial charge is 0.496 e. The molecule has 1 saturated heterocycles. The highest BCUT2D eigenvalue weighted by atomic mass is 35.5. The number of benzene rings is 1. The molecule has 0 spiro atoms. The van der Waals surface area contributed by atoms with Crippen LogP contribution in [0, 0.1) is 0 Å². The van der Waals surface area contributed by atoms with Gasteiger partial charge >= 0.3 is 0 Å². The molecule has 1 aliphatic heterocycles. The minimum atomic E-state index is 0.0663. The van der Waals surface area contributed by atoms with Crippen molar-refractivity contribution in [3.05, 3.63) is 28.8 Å². The van der Waals surface area contributed by atoms with E-state index in [1.54, 1.807) is 7.11 Å². The molecular weight excluding hydrogens is 276 g/mol. The molecule has 2 atom stereocenters. The van der Waals surface area contributed by atoms with Gasteiger partial charge in [-0.1, -0.05) is 24.6 Å². The lowest BCUT2D eigenvalue weighted by molar-refractivity contribution is -0.0439. The fourth-order valence-electron chi connectivity index (χ4n) is 2.74. The van der Waals surface area contributed by atoms with Gasteiger partial charge in [-0.2, -0.15) is 0 Å². The standard InChI is InChI=1S/C15H23ClN2O2/c1-3-11-10-18(7-8-20-11)13(9-17)15-12(16)5-4-6-14(15)19-2/h4-6,11,13H,3,7-10,17H2,1-2H3. The second-order valence-electron chi connectivity index (χ2n) is 5.00. The lowest BCUT2D eigenvalue weighted by Crippen LogP contribution is -2.46. The van der Waals surface area contributed by atoms with Crippen LogP contribution in [0.4, 0.5) is 0 Å². The van der Waals surface area contributed by atoms with Crippen molar-refractivity contribution in [2.75, 3.05) is 33.4 Å². The molecule has 0 radical (unpaired) electrons. The zero-order valence-electron chi connectivity index (χ0n) is 12.1. The molecule has 4 nitrogen and oxygen atoms in total. The van der Waals surface area contributed by atoms with Crippen LogP contribution < -0.4 is 10.5 Å². The van der Waals surface area contributed by atoms with Crippen molar-refractivity contribution in [2.24, 2.45) is 5.73 Å². The van der Waals surface area contributed by atoms with Gasteiger partial charge in [0, 0.05) is 30.2 Å². The van der Waals surface area contributed by atoms with E-state index < -0.39 is 0 Å². The molecule has 1 fully saturated rings. The number of ether oxygens (including phenoxy) is 2. The van der Waals surface area contributed by atoms with Crippen LogP contribution in [0.5, 0.6) is 5.75 Å². The van der Waals surface area contributed by atoms with Gasteiger partial charge in [0.2, 0.25) is 0 Å². The fraction of sp³-hybridized carbons (Fsp3) is 0.600. The average Bonchev–Trinajstić information content (AvgIpc) is 2.49. The van der Waals surface area contributed by atoms with Crippen molar-refractivity contribution in [2.45, 2.75) is 25.5 Å². The molecule has 2 rings (SSSR count). The summed E-state index contributed by atoms with van der Waals surface area (Å²) in [4.78, 5) is 2.35. The maximum atomic E-state index is 6.38. The molecule has 0 aliphatic carbocycles. The smallest absolute Gasteiger partial charge is 0.125 e. The van der Waals surface area contributed by atoms with E-state index in [0.29, 0.717) is 11.6 Å². The summed E-state index contributed by atoms with van der Waals surface area (Å²) in [5.41, 5.74) is 7.00. The third-order valence-corrected chi connectivity index (χ3v) is 4.19. The molecule has 2 unspecified atom stereocenters.